The predicted octanol–water partition coefficient (Wildman–Crippen LogP) is 2.50. The van der Waals surface area contributed by atoms with Crippen LogP contribution in [0.25, 0.3) is 0 Å². The molecule has 1 fully saturated rings. The average Bonchev–Trinajstić information content (AvgIpc) is 2.48. The molecule has 0 aromatic heterocycles. The number of anilines is 1. The summed E-state index contributed by atoms with van der Waals surface area (Å²) in [5, 5.41) is 0. The van der Waals surface area contributed by atoms with E-state index in [0.717, 1.165) is 19.4 Å². The lowest BCUT2D eigenvalue weighted by Gasteiger charge is -2.37. The van der Waals surface area contributed by atoms with Gasteiger partial charge in [-0.25, -0.2) is 0 Å². The van der Waals surface area contributed by atoms with E-state index < -0.39 is 0 Å². The Balaban J connectivity index is 1.98. The molecule has 1 aliphatic rings. The normalized spacial score (nSPS) is 21.2. The number of rotatable bonds is 5. The van der Waals surface area contributed by atoms with Crippen molar-refractivity contribution in [1.29, 1.82) is 0 Å². The third kappa shape index (κ3) is 3.97. The van der Waals surface area contributed by atoms with E-state index in [1.54, 1.807) is 0 Å². The van der Waals surface area contributed by atoms with Gasteiger partial charge in [0.1, 0.15) is 0 Å². The zero-order valence-electron chi connectivity index (χ0n) is 13.2. The van der Waals surface area contributed by atoms with Crippen LogP contribution < -0.4 is 10.6 Å². The number of hydrogen-bond donors (Lipinski definition) is 1. The smallest absolute Gasteiger partial charge is 0.0366 e. The lowest BCUT2D eigenvalue weighted by molar-refractivity contribution is 0.258. The second kappa shape index (κ2) is 7.09. The molecule has 1 aromatic carbocycles. The Morgan fingerprint density at radius 1 is 1.30 bits per heavy atom. The van der Waals surface area contributed by atoms with Gasteiger partial charge in [-0.05, 0) is 57.5 Å². The summed E-state index contributed by atoms with van der Waals surface area (Å²) < 4.78 is 0. The number of nitrogens with zero attached hydrogens (tertiary/aromatic N) is 2. The molecule has 2 N–H and O–H groups in total. The Kier molecular flexibility index (Phi) is 5.44. The first-order valence-corrected chi connectivity index (χ1v) is 7.86. The highest BCUT2D eigenvalue weighted by molar-refractivity contribution is 5.48. The maximum Gasteiger partial charge on any atom is 0.0366 e. The van der Waals surface area contributed by atoms with Crippen LogP contribution in [0.5, 0.6) is 0 Å². The molecule has 3 nitrogen and oxygen atoms in total. The minimum atomic E-state index is 0.286. The van der Waals surface area contributed by atoms with Gasteiger partial charge < -0.3 is 15.5 Å². The monoisotopic (exact) mass is 275 g/mol. The van der Waals surface area contributed by atoms with Gasteiger partial charge in [0.15, 0.2) is 0 Å². The van der Waals surface area contributed by atoms with Crippen LogP contribution in [-0.4, -0.2) is 44.2 Å². The maximum absolute atomic E-state index is 6.02. The van der Waals surface area contributed by atoms with Gasteiger partial charge in [0.2, 0.25) is 0 Å². The van der Waals surface area contributed by atoms with Gasteiger partial charge >= 0.3 is 0 Å². The Morgan fingerprint density at radius 3 is 2.60 bits per heavy atom. The van der Waals surface area contributed by atoms with Crippen LogP contribution in [0.1, 0.15) is 31.7 Å². The van der Waals surface area contributed by atoms with Crippen LogP contribution in [-0.2, 0) is 6.42 Å². The third-order valence-electron chi connectivity index (χ3n) is 4.45. The van der Waals surface area contributed by atoms with Crippen LogP contribution >= 0.6 is 0 Å². The fraction of sp³-hybridized carbons (Fsp3) is 0.647. The quantitative estimate of drug-likeness (QED) is 0.896. The molecule has 1 heterocycles. The SMILES string of the molecule is CCC(N)Cc1ccc(N2CCCC(N(C)C)C2)cc1. The summed E-state index contributed by atoms with van der Waals surface area (Å²) in [4.78, 5) is 4.86. The first kappa shape index (κ1) is 15.3. The zero-order chi connectivity index (χ0) is 14.5. The van der Waals surface area contributed by atoms with Crippen molar-refractivity contribution in [1.82, 2.24) is 4.90 Å². The van der Waals surface area contributed by atoms with Gasteiger partial charge in [-0.15, -0.1) is 0 Å². The highest BCUT2D eigenvalue weighted by atomic mass is 15.2. The van der Waals surface area contributed by atoms with Crippen molar-refractivity contribution in [3.05, 3.63) is 29.8 Å². The standard InChI is InChI=1S/C17H29N3/c1-4-15(18)12-14-7-9-16(10-8-14)20-11-5-6-17(13-20)19(2)3/h7-10,15,17H,4-6,11-13,18H2,1-3H3. The van der Waals surface area contributed by atoms with Crippen molar-refractivity contribution in [2.45, 2.75) is 44.7 Å². The van der Waals surface area contributed by atoms with E-state index in [4.69, 9.17) is 5.73 Å². The molecule has 3 heteroatoms. The van der Waals surface area contributed by atoms with Crippen LogP contribution in [0.2, 0.25) is 0 Å². The lowest BCUT2D eigenvalue weighted by atomic mass is 10.0. The molecule has 0 aliphatic carbocycles. The summed E-state index contributed by atoms with van der Waals surface area (Å²) in [5.74, 6) is 0. The fourth-order valence-corrected chi connectivity index (χ4v) is 2.90. The molecule has 112 valence electrons. The molecule has 0 bridgehead atoms. The Bertz CT molecular complexity index is 399. The molecule has 0 spiro atoms. The molecule has 0 radical (unpaired) electrons. The Labute approximate surface area is 123 Å². The number of nitrogens with two attached hydrogens (primary N) is 1. The highest BCUT2D eigenvalue weighted by Gasteiger charge is 2.21. The number of likely N-dealkylation sites (N-methyl/N-ethyl adjacent to an activating group) is 1. The topological polar surface area (TPSA) is 32.5 Å². The van der Waals surface area contributed by atoms with Gasteiger partial charge in [-0.2, -0.15) is 0 Å². The molecule has 2 rings (SSSR count). The van der Waals surface area contributed by atoms with Crippen molar-refractivity contribution in [2.75, 3.05) is 32.1 Å². The van der Waals surface area contributed by atoms with Crippen LogP contribution in [0.15, 0.2) is 24.3 Å². The van der Waals surface area contributed by atoms with Crippen LogP contribution in [0.4, 0.5) is 5.69 Å². The number of hydrogen-bond acceptors (Lipinski definition) is 3. The Hall–Kier alpha value is -1.06. The van der Waals surface area contributed by atoms with E-state index in [0.29, 0.717) is 6.04 Å². The highest BCUT2D eigenvalue weighted by Crippen LogP contribution is 2.22. The van der Waals surface area contributed by atoms with Gasteiger partial charge in [0.25, 0.3) is 0 Å². The number of piperidine rings is 1. The largest absolute Gasteiger partial charge is 0.370 e. The summed E-state index contributed by atoms with van der Waals surface area (Å²) in [6.07, 6.45) is 4.62. The van der Waals surface area contributed by atoms with Crippen molar-refractivity contribution < 1.29 is 0 Å². The molecule has 2 unspecified atom stereocenters. The fourth-order valence-electron chi connectivity index (χ4n) is 2.90. The molecule has 2 atom stereocenters. The summed E-state index contributed by atoms with van der Waals surface area (Å²) in [7, 11) is 4.37. The second-order valence-corrected chi connectivity index (χ2v) is 6.24. The average molecular weight is 275 g/mol. The zero-order valence-corrected chi connectivity index (χ0v) is 13.2. The van der Waals surface area contributed by atoms with E-state index in [1.165, 1.54) is 30.6 Å². The molecular formula is C17H29N3. The second-order valence-electron chi connectivity index (χ2n) is 6.24. The molecule has 0 saturated carbocycles. The first-order valence-electron chi connectivity index (χ1n) is 7.86. The van der Waals surface area contributed by atoms with Gasteiger partial charge in [-0.3, -0.25) is 0 Å². The van der Waals surface area contributed by atoms with E-state index in [2.05, 4.69) is 55.1 Å². The predicted molar refractivity (Wildman–Crippen MR) is 87.3 cm³/mol. The molecule has 0 amide bonds. The summed E-state index contributed by atoms with van der Waals surface area (Å²) in [5.41, 5.74) is 8.72. The van der Waals surface area contributed by atoms with Crippen molar-refractivity contribution in [2.24, 2.45) is 5.73 Å². The van der Waals surface area contributed by atoms with Crippen LogP contribution in [0.3, 0.4) is 0 Å². The molecule has 1 aromatic rings. The van der Waals surface area contributed by atoms with E-state index in [1.807, 2.05) is 0 Å². The summed E-state index contributed by atoms with van der Waals surface area (Å²) in [6.45, 7) is 4.47. The minimum absolute atomic E-state index is 0.286. The first-order chi connectivity index (χ1) is 9.60. The van der Waals surface area contributed by atoms with Crippen molar-refractivity contribution in [3.63, 3.8) is 0 Å². The summed E-state index contributed by atoms with van der Waals surface area (Å²) in [6, 6.07) is 9.96. The van der Waals surface area contributed by atoms with Crippen molar-refractivity contribution in [3.8, 4) is 0 Å². The molecule has 1 saturated heterocycles. The van der Waals surface area contributed by atoms with Gasteiger partial charge in [0.05, 0.1) is 0 Å². The van der Waals surface area contributed by atoms with E-state index in [-0.39, 0.29) is 6.04 Å². The molecule has 20 heavy (non-hydrogen) atoms. The minimum Gasteiger partial charge on any atom is -0.370 e. The lowest BCUT2D eigenvalue weighted by Crippen LogP contribution is -2.45. The summed E-state index contributed by atoms with van der Waals surface area (Å²) >= 11 is 0. The third-order valence-corrected chi connectivity index (χ3v) is 4.45. The number of benzene rings is 1. The van der Waals surface area contributed by atoms with Gasteiger partial charge in [0, 0.05) is 30.9 Å². The molecule has 1 aliphatic heterocycles. The maximum atomic E-state index is 6.02. The van der Waals surface area contributed by atoms with Crippen LogP contribution in [0, 0.1) is 0 Å². The van der Waals surface area contributed by atoms with Crippen molar-refractivity contribution >= 4 is 5.69 Å². The Morgan fingerprint density at radius 2 is 2.00 bits per heavy atom. The van der Waals surface area contributed by atoms with E-state index in [9.17, 15) is 0 Å². The van der Waals surface area contributed by atoms with E-state index >= 15 is 0 Å². The molecular weight excluding hydrogens is 246 g/mol. The van der Waals surface area contributed by atoms with Gasteiger partial charge in [-0.1, -0.05) is 19.1 Å².